The second-order valence-electron chi connectivity index (χ2n) is 5.04. The van der Waals surface area contributed by atoms with E-state index in [1.165, 1.54) is 36.4 Å². The van der Waals surface area contributed by atoms with Crippen molar-refractivity contribution in [2.75, 3.05) is 7.11 Å². The highest BCUT2D eigenvalue weighted by Crippen LogP contribution is 2.18. The average Bonchev–Trinajstić information content (AvgIpc) is 2.61. The van der Waals surface area contributed by atoms with E-state index in [2.05, 4.69) is 4.74 Å². The van der Waals surface area contributed by atoms with Gasteiger partial charge in [0.2, 0.25) is 0 Å². The van der Waals surface area contributed by atoms with E-state index >= 15 is 0 Å². The lowest BCUT2D eigenvalue weighted by atomic mass is 10.0. The number of allylic oxidation sites excluding steroid dienone is 1. The summed E-state index contributed by atoms with van der Waals surface area (Å²) in [6.07, 6.45) is 2.74. The first kappa shape index (κ1) is 18.4. The van der Waals surface area contributed by atoms with Crippen molar-refractivity contribution in [3.63, 3.8) is 0 Å². The van der Waals surface area contributed by atoms with Crippen molar-refractivity contribution in [1.82, 2.24) is 0 Å². The average molecular weight is 360 g/mol. The van der Waals surface area contributed by atoms with Gasteiger partial charge in [0.25, 0.3) is 0 Å². The zero-order valence-corrected chi connectivity index (χ0v) is 14.1. The van der Waals surface area contributed by atoms with Gasteiger partial charge in [-0.15, -0.1) is 0 Å². The first-order valence-corrected chi connectivity index (χ1v) is 7.62. The SMILES string of the molecule is COC(=O)/C(C(=O)/C=C/c1ccc(Cl)cc1)=C(/N)c1ccc(F)cc1. The Labute approximate surface area is 149 Å². The van der Waals surface area contributed by atoms with Crippen LogP contribution in [0.15, 0.2) is 60.2 Å². The van der Waals surface area contributed by atoms with E-state index in [0.29, 0.717) is 10.6 Å². The van der Waals surface area contributed by atoms with Gasteiger partial charge < -0.3 is 10.5 Å². The van der Waals surface area contributed by atoms with Gasteiger partial charge in [0.15, 0.2) is 5.78 Å². The summed E-state index contributed by atoms with van der Waals surface area (Å²) >= 11 is 5.80. The van der Waals surface area contributed by atoms with Crippen LogP contribution in [0.3, 0.4) is 0 Å². The highest BCUT2D eigenvalue weighted by atomic mass is 35.5. The Hall–Kier alpha value is -2.92. The number of rotatable bonds is 5. The Kier molecular flexibility index (Phi) is 6.08. The van der Waals surface area contributed by atoms with E-state index in [4.69, 9.17) is 17.3 Å². The normalized spacial score (nSPS) is 12.0. The molecule has 0 heterocycles. The summed E-state index contributed by atoms with van der Waals surface area (Å²) in [6.45, 7) is 0. The van der Waals surface area contributed by atoms with Gasteiger partial charge in [-0.1, -0.05) is 29.8 Å². The number of halogens is 2. The van der Waals surface area contributed by atoms with Crippen molar-refractivity contribution >= 4 is 35.1 Å². The molecule has 0 amide bonds. The maximum atomic E-state index is 13.0. The van der Waals surface area contributed by atoms with Crippen molar-refractivity contribution in [2.45, 2.75) is 0 Å². The number of methoxy groups -OCH3 is 1. The number of carbonyl (C=O) groups is 2. The first-order chi connectivity index (χ1) is 11.9. The molecule has 0 unspecified atom stereocenters. The van der Waals surface area contributed by atoms with Gasteiger partial charge in [-0.3, -0.25) is 4.79 Å². The van der Waals surface area contributed by atoms with Crippen molar-refractivity contribution in [2.24, 2.45) is 5.73 Å². The molecular formula is C19H15ClFNO3. The summed E-state index contributed by atoms with van der Waals surface area (Å²) in [6, 6.07) is 11.9. The van der Waals surface area contributed by atoms with E-state index in [9.17, 15) is 14.0 Å². The van der Waals surface area contributed by atoms with Crippen LogP contribution >= 0.6 is 11.6 Å². The second kappa shape index (κ2) is 8.26. The molecule has 2 N–H and O–H groups in total. The predicted octanol–water partition coefficient (Wildman–Crippen LogP) is 3.60. The summed E-state index contributed by atoms with van der Waals surface area (Å²) in [5.74, 6) is -1.94. The van der Waals surface area contributed by atoms with Crippen LogP contribution in [0.5, 0.6) is 0 Å². The summed E-state index contributed by atoms with van der Waals surface area (Å²) in [5, 5.41) is 0.569. The number of hydrogen-bond donors (Lipinski definition) is 1. The summed E-state index contributed by atoms with van der Waals surface area (Å²) in [7, 11) is 1.15. The van der Waals surface area contributed by atoms with Crippen LogP contribution in [0.1, 0.15) is 11.1 Å². The van der Waals surface area contributed by atoms with E-state index in [-0.39, 0.29) is 11.3 Å². The highest BCUT2D eigenvalue weighted by molar-refractivity contribution is 6.30. The molecular weight excluding hydrogens is 345 g/mol. The van der Waals surface area contributed by atoms with Crippen LogP contribution in [-0.2, 0) is 14.3 Å². The molecule has 0 aliphatic rings. The van der Waals surface area contributed by atoms with Gasteiger partial charge in [0, 0.05) is 5.02 Å². The molecule has 0 aromatic heterocycles. The topological polar surface area (TPSA) is 69.4 Å². The molecule has 6 heteroatoms. The molecule has 0 aliphatic heterocycles. The number of carbonyl (C=O) groups excluding carboxylic acids is 2. The third-order valence-corrected chi connectivity index (χ3v) is 3.61. The van der Waals surface area contributed by atoms with Gasteiger partial charge in [0.05, 0.1) is 12.8 Å². The molecule has 2 aromatic rings. The molecule has 4 nitrogen and oxygen atoms in total. The van der Waals surface area contributed by atoms with Gasteiger partial charge in [-0.05, 0) is 53.6 Å². The van der Waals surface area contributed by atoms with Crippen LogP contribution in [0.25, 0.3) is 11.8 Å². The maximum Gasteiger partial charge on any atom is 0.344 e. The van der Waals surface area contributed by atoms with Crippen molar-refractivity contribution in [3.8, 4) is 0 Å². The van der Waals surface area contributed by atoms with E-state index < -0.39 is 17.6 Å². The van der Waals surface area contributed by atoms with Crippen molar-refractivity contribution in [3.05, 3.63) is 82.1 Å². The molecule has 128 valence electrons. The lowest BCUT2D eigenvalue weighted by molar-refractivity contribution is -0.137. The fourth-order valence-electron chi connectivity index (χ4n) is 2.05. The van der Waals surface area contributed by atoms with Gasteiger partial charge in [-0.2, -0.15) is 0 Å². The fraction of sp³-hybridized carbons (Fsp3) is 0.0526. The van der Waals surface area contributed by atoms with E-state index in [1.807, 2.05) is 0 Å². The standard InChI is InChI=1S/C19H15ClFNO3/c1-25-19(24)17(18(22)13-5-9-15(21)10-6-13)16(23)11-4-12-2-7-14(20)8-3-12/h2-11H,22H2,1H3/b11-4+,18-17+. The van der Waals surface area contributed by atoms with Crippen LogP contribution in [0.4, 0.5) is 4.39 Å². The predicted molar refractivity (Wildman–Crippen MR) is 95.0 cm³/mol. The zero-order valence-electron chi connectivity index (χ0n) is 13.3. The zero-order chi connectivity index (χ0) is 18.4. The van der Waals surface area contributed by atoms with E-state index in [1.54, 1.807) is 24.3 Å². The maximum absolute atomic E-state index is 13.0. The number of ketones is 1. The smallest absolute Gasteiger partial charge is 0.344 e. The Morgan fingerprint density at radius 1 is 1.08 bits per heavy atom. The molecule has 0 aliphatic carbocycles. The molecule has 0 atom stereocenters. The molecule has 2 rings (SSSR count). The fourth-order valence-corrected chi connectivity index (χ4v) is 2.17. The molecule has 0 bridgehead atoms. The molecule has 2 aromatic carbocycles. The molecule has 0 fully saturated rings. The Morgan fingerprint density at radius 3 is 2.24 bits per heavy atom. The number of nitrogens with two attached hydrogens (primary N) is 1. The number of esters is 1. The molecule has 0 saturated heterocycles. The van der Waals surface area contributed by atoms with Crippen molar-refractivity contribution < 1.29 is 18.7 Å². The Bertz CT molecular complexity index is 840. The van der Waals surface area contributed by atoms with Gasteiger partial charge >= 0.3 is 5.97 Å². The summed E-state index contributed by atoms with van der Waals surface area (Å²) < 4.78 is 17.7. The number of ether oxygens (including phenoxy) is 1. The van der Waals surface area contributed by atoms with Crippen LogP contribution in [-0.4, -0.2) is 18.9 Å². The van der Waals surface area contributed by atoms with Gasteiger partial charge in [-0.25, -0.2) is 9.18 Å². The number of benzene rings is 2. The summed E-state index contributed by atoms with van der Waals surface area (Å²) in [4.78, 5) is 24.4. The van der Waals surface area contributed by atoms with Crippen LogP contribution < -0.4 is 5.73 Å². The quantitative estimate of drug-likeness (QED) is 0.383. The van der Waals surface area contributed by atoms with E-state index in [0.717, 1.165) is 12.7 Å². The molecule has 0 spiro atoms. The molecule has 0 radical (unpaired) electrons. The number of hydrogen-bond acceptors (Lipinski definition) is 4. The highest BCUT2D eigenvalue weighted by Gasteiger charge is 2.21. The van der Waals surface area contributed by atoms with Crippen molar-refractivity contribution in [1.29, 1.82) is 0 Å². The Morgan fingerprint density at radius 2 is 1.68 bits per heavy atom. The second-order valence-corrected chi connectivity index (χ2v) is 5.47. The lowest BCUT2D eigenvalue weighted by Gasteiger charge is -2.08. The summed E-state index contributed by atoms with van der Waals surface area (Å²) in [5.41, 5.74) is 6.60. The van der Waals surface area contributed by atoms with Crippen LogP contribution in [0, 0.1) is 5.82 Å². The minimum atomic E-state index is -0.868. The third kappa shape index (κ3) is 4.78. The monoisotopic (exact) mass is 359 g/mol. The van der Waals surface area contributed by atoms with Gasteiger partial charge in [0.1, 0.15) is 11.4 Å². The lowest BCUT2D eigenvalue weighted by Crippen LogP contribution is -2.18. The minimum absolute atomic E-state index is 0.0855. The van der Waals surface area contributed by atoms with Crippen LogP contribution in [0.2, 0.25) is 5.02 Å². The first-order valence-electron chi connectivity index (χ1n) is 7.24. The molecule has 0 saturated carbocycles. The molecule has 25 heavy (non-hydrogen) atoms. The Balaban J connectivity index is 2.37. The third-order valence-electron chi connectivity index (χ3n) is 3.36. The largest absolute Gasteiger partial charge is 0.465 e. The minimum Gasteiger partial charge on any atom is -0.465 e.